The van der Waals surface area contributed by atoms with E-state index in [1.807, 2.05) is 31.2 Å². The van der Waals surface area contributed by atoms with Gasteiger partial charge in [-0.3, -0.25) is 4.79 Å². The third-order valence-corrected chi connectivity index (χ3v) is 2.82. The summed E-state index contributed by atoms with van der Waals surface area (Å²) in [5.74, 6) is -0.0344. The molecule has 1 aromatic carbocycles. The minimum absolute atomic E-state index is 0.0344. The van der Waals surface area contributed by atoms with Gasteiger partial charge in [-0.1, -0.05) is 23.7 Å². The van der Waals surface area contributed by atoms with Crippen LogP contribution in [0.1, 0.15) is 18.5 Å². The molecule has 100 valence electrons. The molecule has 0 aliphatic rings. The van der Waals surface area contributed by atoms with E-state index >= 15 is 0 Å². The summed E-state index contributed by atoms with van der Waals surface area (Å²) in [6.07, 6.45) is 0. The van der Waals surface area contributed by atoms with Crippen molar-refractivity contribution in [3.63, 3.8) is 0 Å². The molecule has 1 atom stereocenters. The lowest BCUT2D eigenvalue weighted by Gasteiger charge is -2.14. The van der Waals surface area contributed by atoms with Gasteiger partial charge in [0.25, 0.3) is 0 Å². The second kappa shape index (κ2) is 8.08. The highest BCUT2D eigenvalue weighted by atomic mass is 35.5. The molecule has 0 bridgehead atoms. The number of hydrogen-bond donors (Lipinski definition) is 2. The molecule has 0 fully saturated rings. The fourth-order valence-electron chi connectivity index (χ4n) is 1.47. The smallest absolute Gasteiger partial charge is 0.234 e. The van der Waals surface area contributed by atoms with E-state index in [0.717, 1.165) is 5.56 Å². The quantitative estimate of drug-likeness (QED) is 0.743. The summed E-state index contributed by atoms with van der Waals surface area (Å²) in [4.78, 5) is 11.5. The second-order valence-electron chi connectivity index (χ2n) is 4.00. The Bertz CT molecular complexity index is 368. The Morgan fingerprint density at radius 2 is 2.06 bits per heavy atom. The average molecular weight is 271 g/mol. The molecular formula is C13H19ClN2O2. The highest BCUT2D eigenvalue weighted by Gasteiger charge is 2.07. The number of rotatable bonds is 7. The molecule has 5 heteroatoms. The first-order chi connectivity index (χ1) is 8.63. The number of halogens is 1. The highest BCUT2D eigenvalue weighted by Crippen LogP contribution is 2.15. The molecule has 2 N–H and O–H groups in total. The van der Waals surface area contributed by atoms with Crippen LogP contribution in [0.5, 0.6) is 0 Å². The van der Waals surface area contributed by atoms with Crippen LogP contribution in [0, 0.1) is 0 Å². The molecule has 0 unspecified atom stereocenters. The molecule has 1 amide bonds. The van der Waals surface area contributed by atoms with E-state index in [1.165, 1.54) is 0 Å². The van der Waals surface area contributed by atoms with Gasteiger partial charge in [-0.2, -0.15) is 0 Å². The van der Waals surface area contributed by atoms with Gasteiger partial charge < -0.3 is 15.4 Å². The van der Waals surface area contributed by atoms with Crippen molar-refractivity contribution in [2.24, 2.45) is 0 Å². The van der Waals surface area contributed by atoms with Crippen LogP contribution in [0.3, 0.4) is 0 Å². The molecule has 1 aromatic rings. The molecule has 1 rings (SSSR count). The highest BCUT2D eigenvalue weighted by molar-refractivity contribution is 6.30. The minimum atomic E-state index is -0.0344. The van der Waals surface area contributed by atoms with Gasteiger partial charge in [0.2, 0.25) is 5.91 Å². The first-order valence-corrected chi connectivity index (χ1v) is 6.25. The lowest BCUT2D eigenvalue weighted by molar-refractivity contribution is -0.120. The van der Waals surface area contributed by atoms with Crippen molar-refractivity contribution in [3.05, 3.63) is 34.9 Å². The van der Waals surface area contributed by atoms with Crippen LogP contribution in [-0.4, -0.2) is 32.7 Å². The Hall–Kier alpha value is -1.10. The Balaban J connectivity index is 2.30. The zero-order valence-electron chi connectivity index (χ0n) is 10.7. The summed E-state index contributed by atoms with van der Waals surface area (Å²) in [6, 6.07) is 7.68. The maximum Gasteiger partial charge on any atom is 0.234 e. The summed E-state index contributed by atoms with van der Waals surface area (Å²) in [5.41, 5.74) is 1.10. The van der Waals surface area contributed by atoms with Crippen LogP contribution in [0.15, 0.2) is 24.3 Å². The number of hydrogen-bond acceptors (Lipinski definition) is 3. The molecule has 0 aliphatic heterocycles. The Labute approximate surface area is 113 Å². The van der Waals surface area contributed by atoms with Gasteiger partial charge in [0.15, 0.2) is 0 Å². The molecule has 0 spiro atoms. The van der Waals surface area contributed by atoms with E-state index in [4.69, 9.17) is 16.3 Å². The summed E-state index contributed by atoms with van der Waals surface area (Å²) >= 11 is 5.82. The standard InChI is InChI=1S/C13H19ClN2O2/c1-10(11-3-5-12(14)6-4-11)16-9-13(17)15-7-8-18-2/h3-6,10,16H,7-9H2,1-2H3,(H,15,17)/t10-/m0/s1. The molecule has 0 aromatic heterocycles. The fraction of sp³-hybridized carbons (Fsp3) is 0.462. The van der Waals surface area contributed by atoms with E-state index in [1.54, 1.807) is 7.11 Å². The van der Waals surface area contributed by atoms with Crippen molar-refractivity contribution < 1.29 is 9.53 Å². The maximum atomic E-state index is 11.5. The van der Waals surface area contributed by atoms with E-state index in [2.05, 4.69) is 10.6 Å². The zero-order valence-corrected chi connectivity index (χ0v) is 11.5. The number of carbonyl (C=O) groups is 1. The topological polar surface area (TPSA) is 50.4 Å². The van der Waals surface area contributed by atoms with Gasteiger partial charge in [0.05, 0.1) is 13.2 Å². The van der Waals surface area contributed by atoms with Gasteiger partial charge in [-0.15, -0.1) is 0 Å². The van der Waals surface area contributed by atoms with E-state index in [9.17, 15) is 4.79 Å². The van der Waals surface area contributed by atoms with Gasteiger partial charge in [-0.25, -0.2) is 0 Å². The normalized spacial score (nSPS) is 12.2. The van der Waals surface area contributed by atoms with Crippen molar-refractivity contribution >= 4 is 17.5 Å². The lowest BCUT2D eigenvalue weighted by Crippen LogP contribution is -2.36. The van der Waals surface area contributed by atoms with Crippen LogP contribution >= 0.6 is 11.6 Å². The van der Waals surface area contributed by atoms with Gasteiger partial charge >= 0.3 is 0 Å². The molecule has 4 nitrogen and oxygen atoms in total. The molecule has 0 aliphatic carbocycles. The summed E-state index contributed by atoms with van der Waals surface area (Å²) in [7, 11) is 1.60. The minimum Gasteiger partial charge on any atom is -0.383 e. The number of benzene rings is 1. The largest absolute Gasteiger partial charge is 0.383 e. The average Bonchev–Trinajstić information content (AvgIpc) is 2.37. The Morgan fingerprint density at radius 3 is 2.67 bits per heavy atom. The fourth-order valence-corrected chi connectivity index (χ4v) is 1.60. The van der Waals surface area contributed by atoms with Crippen LogP contribution < -0.4 is 10.6 Å². The Morgan fingerprint density at radius 1 is 1.39 bits per heavy atom. The third-order valence-electron chi connectivity index (χ3n) is 2.57. The van der Waals surface area contributed by atoms with Gasteiger partial charge in [0.1, 0.15) is 0 Å². The van der Waals surface area contributed by atoms with Gasteiger partial charge in [0, 0.05) is 24.7 Å². The van der Waals surface area contributed by atoms with Crippen molar-refractivity contribution in [3.8, 4) is 0 Å². The molecule has 0 saturated carbocycles. The monoisotopic (exact) mass is 270 g/mol. The third kappa shape index (κ3) is 5.49. The van der Waals surface area contributed by atoms with Crippen LogP contribution in [0.25, 0.3) is 0 Å². The SMILES string of the molecule is COCCNC(=O)CN[C@@H](C)c1ccc(Cl)cc1. The number of nitrogens with one attached hydrogen (secondary N) is 2. The van der Waals surface area contributed by atoms with Crippen LogP contribution in [0.4, 0.5) is 0 Å². The zero-order chi connectivity index (χ0) is 13.4. The number of ether oxygens (including phenoxy) is 1. The summed E-state index contributed by atoms with van der Waals surface area (Å²) in [6.45, 7) is 3.35. The van der Waals surface area contributed by atoms with E-state index < -0.39 is 0 Å². The second-order valence-corrected chi connectivity index (χ2v) is 4.43. The number of carbonyl (C=O) groups excluding carboxylic acids is 1. The number of methoxy groups -OCH3 is 1. The maximum absolute atomic E-state index is 11.5. The first kappa shape index (κ1) is 15.0. The van der Waals surface area contributed by atoms with Crippen LogP contribution in [0.2, 0.25) is 5.02 Å². The number of amides is 1. The van der Waals surface area contributed by atoms with Crippen molar-refractivity contribution in [1.82, 2.24) is 10.6 Å². The predicted octanol–water partition coefficient (Wildman–Crippen LogP) is 1.75. The summed E-state index contributed by atoms with van der Waals surface area (Å²) in [5, 5.41) is 6.61. The van der Waals surface area contributed by atoms with Crippen molar-refractivity contribution in [2.45, 2.75) is 13.0 Å². The van der Waals surface area contributed by atoms with E-state index in [-0.39, 0.29) is 18.5 Å². The molecule has 0 heterocycles. The molecule has 0 radical (unpaired) electrons. The molecule has 0 saturated heterocycles. The van der Waals surface area contributed by atoms with Crippen molar-refractivity contribution in [1.29, 1.82) is 0 Å². The lowest BCUT2D eigenvalue weighted by atomic mass is 10.1. The first-order valence-electron chi connectivity index (χ1n) is 5.88. The van der Waals surface area contributed by atoms with Crippen LogP contribution in [-0.2, 0) is 9.53 Å². The predicted molar refractivity (Wildman–Crippen MR) is 72.8 cm³/mol. The van der Waals surface area contributed by atoms with Crippen molar-refractivity contribution in [2.75, 3.05) is 26.8 Å². The Kier molecular flexibility index (Phi) is 6.72. The van der Waals surface area contributed by atoms with Gasteiger partial charge in [-0.05, 0) is 24.6 Å². The van der Waals surface area contributed by atoms with E-state index in [0.29, 0.717) is 18.2 Å². The molecular weight excluding hydrogens is 252 g/mol. The summed E-state index contributed by atoms with van der Waals surface area (Å²) < 4.78 is 4.85. The molecule has 18 heavy (non-hydrogen) atoms.